The Hall–Kier alpha value is -1.95. The summed E-state index contributed by atoms with van der Waals surface area (Å²) in [5, 5.41) is 13.8. The first-order valence-electron chi connectivity index (χ1n) is 9.10. The molecule has 1 amide bonds. The maximum atomic E-state index is 13.2. The van der Waals surface area contributed by atoms with Gasteiger partial charge < -0.3 is 19.5 Å². The molecule has 2 fully saturated rings. The highest BCUT2D eigenvalue weighted by molar-refractivity contribution is 5.89. The molecule has 0 radical (unpaired) electrons. The summed E-state index contributed by atoms with van der Waals surface area (Å²) in [6.45, 7) is 2.78. The molecule has 1 atom stereocenters. The minimum absolute atomic E-state index is 0.0208. The Morgan fingerprint density at radius 2 is 1.80 bits per heavy atom. The van der Waals surface area contributed by atoms with E-state index in [-0.39, 0.29) is 17.8 Å². The van der Waals surface area contributed by atoms with Gasteiger partial charge in [0.15, 0.2) is 11.5 Å². The van der Waals surface area contributed by atoms with Crippen LogP contribution in [0, 0.1) is 0 Å². The summed E-state index contributed by atoms with van der Waals surface area (Å²) in [4.78, 5) is 15.1. The van der Waals surface area contributed by atoms with Crippen molar-refractivity contribution in [3.63, 3.8) is 0 Å². The predicted octanol–water partition coefficient (Wildman–Crippen LogP) is 2.95. The zero-order valence-electron chi connectivity index (χ0n) is 15.3. The molecule has 1 aromatic carbocycles. The number of amides is 1. The first kappa shape index (κ1) is 17.9. The predicted molar refractivity (Wildman–Crippen MR) is 94.9 cm³/mol. The number of aromatic hydroxyl groups is 1. The number of methoxy groups -OCH3 is 2. The van der Waals surface area contributed by atoms with E-state index in [2.05, 4.69) is 12.2 Å². The van der Waals surface area contributed by atoms with E-state index in [1.54, 1.807) is 12.1 Å². The zero-order valence-corrected chi connectivity index (χ0v) is 15.3. The fraction of sp³-hybridized carbons (Fsp3) is 0.632. The summed E-state index contributed by atoms with van der Waals surface area (Å²) < 4.78 is 10.6. The van der Waals surface area contributed by atoms with Crippen LogP contribution in [0.15, 0.2) is 12.1 Å². The van der Waals surface area contributed by atoms with Gasteiger partial charge in [0, 0.05) is 6.54 Å². The van der Waals surface area contributed by atoms with Gasteiger partial charge in [-0.3, -0.25) is 10.1 Å². The van der Waals surface area contributed by atoms with Crippen molar-refractivity contribution in [2.45, 2.75) is 57.2 Å². The van der Waals surface area contributed by atoms with E-state index in [1.165, 1.54) is 20.6 Å². The van der Waals surface area contributed by atoms with Crippen molar-refractivity contribution in [1.29, 1.82) is 0 Å². The Morgan fingerprint density at radius 1 is 1.20 bits per heavy atom. The van der Waals surface area contributed by atoms with Crippen molar-refractivity contribution in [2.24, 2.45) is 0 Å². The molecule has 0 unspecified atom stereocenters. The van der Waals surface area contributed by atoms with E-state index in [9.17, 15) is 9.90 Å². The third-order valence-electron chi connectivity index (χ3n) is 5.38. The normalized spacial score (nSPS) is 22.4. The molecule has 1 saturated heterocycles. The molecule has 1 aromatic rings. The van der Waals surface area contributed by atoms with Crippen molar-refractivity contribution in [3.05, 3.63) is 17.7 Å². The number of carbonyl (C=O) groups is 1. The molecule has 6 nitrogen and oxygen atoms in total. The number of nitrogens with one attached hydrogen (secondary N) is 1. The molecule has 2 aliphatic rings. The Balaban J connectivity index is 2.00. The summed E-state index contributed by atoms with van der Waals surface area (Å²) in [6.07, 6.45) is 5.78. The quantitative estimate of drug-likeness (QED) is 0.856. The second-order valence-corrected chi connectivity index (χ2v) is 6.96. The van der Waals surface area contributed by atoms with Crippen LogP contribution in [-0.2, 0) is 4.79 Å². The van der Waals surface area contributed by atoms with Crippen molar-refractivity contribution in [2.75, 3.05) is 20.8 Å². The Labute approximate surface area is 149 Å². The number of rotatable bonds is 5. The van der Waals surface area contributed by atoms with E-state index in [1.807, 2.05) is 4.90 Å². The van der Waals surface area contributed by atoms with Crippen LogP contribution in [0.25, 0.3) is 0 Å². The Morgan fingerprint density at radius 3 is 2.32 bits per heavy atom. The maximum Gasteiger partial charge on any atom is 0.244 e. The molecular formula is C19H28N2O4. The van der Waals surface area contributed by atoms with Crippen molar-refractivity contribution in [1.82, 2.24) is 10.2 Å². The average molecular weight is 348 g/mol. The second kappa shape index (κ2) is 7.12. The summed E-state index contributed by atoms with van der Waals surface area (Å²) >= 11 is 0. The number of phenols is 1. The average Bonchev–Trinajstić information content (AvgIpc) is 2.89. The van der Waals surface area contributed by atoms with Crippen LogP contribution in [-0.4, -0.2) is 42.2 Å². The fourth-order valence-corrected chi connectivity index (χ4v) is 4.11. The third kappa shape index (κ3) is 3.03. The number of nitrogens with zero attached hydrogens (tertiary/aromatic N) is 1. The molecule has 25 heavy (non-hydrogen) atoms. The van der Waals surface area contributed by atoms with E-state index in [0.29, 0.717) is 18.0 Å². The van der Waals surface area contributed by atoms with Crippen molar-refractivity contribution in [3.8, 4) is 17.2 Å². The van der Waals surface area contributed by atoms with Gasteiger partial charge in [-0.2, -0.15) is 0 Å². The molecule has 0 bridgehead atoms. The lowest BCUT2D eigenvalue weighted by molar-refractivity contribution is -0.134. The number of carbonyl (C=O) groups excluding carboxylic acids is 1. The Kier molecular flexibility index (Phi) is 5.08. The summed E-state index contributed by atoms with van der Waals surface area (Å²) in [7, 11) is 3.02. The molecule has 2 N–H and O–H groups in total. The van der Waals surface area contributed by atoms with Gasteiger partial charge in [-0.05, 0) is 37.0 Å². The molecule has 1 heterocycles. The first-order chi connectivity index (χ1) is 12.1. The SMILES string of the molecule is CCCN1C(=O)C2(CCCCC2)N[C@H]1c1cc(OC)c(O)c(OC)c1. The summed E-state index contributed by atoms with van der Waals surface area (Å²) in [5.74, 6) is 0.881. The van der Waals surface area contributed by atoms with Crippen LogP contribution >= 0.6 is 0 Å². The highest BCUT2D eigenvalue weighted by Gasteiger charge is 2.51. The van der Waals surface area contributed by atoms with Crippen LogP contribution in [0.3, 0.4) is 0 Å². The standard InChI is InChI=1S/C19H28N2O4/c1-4-10-21-17(20-19(18(21)23)8-6-5-7-9-19)13-11-14(24-2)16(22)15(12-13)25-3/h11-12,17,20,22H,4-10H2,1-3H3/t17-/m1/s1. The molecule has 1 aliphatic heterocycles. The van der Waals surface area contributed by atoms with Gasteiger partial charge in [0.1, 0.15) is 6.17 Å². The summed E-state index contributed by atoms with van der Waals surface area (Å²) in [6, 6.07) is 3.57. The van der Waals surface area contributed by atoms with Crippen LogP contribution in [0.5, 0.6) is 17.2 Å². The monoisotopic (exact) mass is 348 g/mol. The van der Waals surface area contributed by atoms with Gasteiger partial charge >= 0.3 is 0 Å². The lowest BCUT2D eigenvalue weighted by Gasteiger charge is -2.31. The molecule has 6 heteroatoms. The second-order valence-electron chi connectivity index (χ2n) is 6.96. The molecule has 1 spiro atoms. The van der Waals surface area contributed by atoms with E-state index in [0.717, 1.165) is 37.7 Å². The minimum Gasteiger partial charge on any atom is -0.502 e. The van der Waals surface area contributed by atoms with Gasteiger partial charge in [-0.25, -0.2) is 0 Å². The summed E-state index contributed by atoms with van der Waals surface area (Å²) in [5.41, 5.74) is 0.423. The van der Waals surface area contributed by atoms with Crippen LogP contribution in [0.4, 0.5) is 0 Å². The van der Waals surface area contributed by atoms with E-state index in [4.69, 9.17) is 9.47 Å². The topological polar surface area (TPSA) is 71.0 Å². The first-order valence-corrected chi connectivity index (χ1v) is 9.10. The van der Waals surface area contributed by atoms with Crippen LogP contribution in [0.1, 0.15) is 57.2 Å². The largest absolute Gasteiger partial charge is 0.502 e. The number of benzene rings is 1. The number of phenolic OH excluding ortho intramolecular Hbond substituents is 1. The fourth-order valence-electron chi connectivity index (χ4n) is 4.11. The number of hydrogen-bond acceptors (Lipinski definition) is 5. The van der Waals surface area contributed by atoms with Gasteiger partial charge in [-0.15, -0.1) is 0 Å². The zero-order chi connectivity index (χ0) is 18.0. The maximum absolute atomic E-state index is 13.2. The third-order valence-corrected chi connectivity index (χ3v) is 5.38. The van der Waals surface area contributed by atoms with Crippen molar-refractivity contribution < 1.29 is 19.4 Å². The highest BCUT2D eigenvalue weighted by atomic mass is 16.5. The Bertz CT molecular complexity index is 615. The van der Waals surface area contributed by atoms with Crippen LogP contribution in [0.2, 0.25) is 0 Å². The van der Waals surface area contributed by atoms with Gasteiger partial charge in [-0.1, -0.05) is 26.2 Å². The minimum atomic E-state index is -0.448. The molecule has 138 valence electrons. The van der Waals surface area contributed by atoms with Gasteiger partial charge in [0.2, 0.25) is 11.7 Å². The lowest BCUT2D eigenvalue weighted by Crippen LogP contribution is -2.48. The highest BCUT2D eigenvalue weighted by Crippen LogP contribution is 2.44. The molecule has 1 saturated carbocycles. The molecular weight excluding hydrogens is 320 g/mol. The van der Waals surface area contributed by atoms with E-state index < -0.39 is 5.54 Å². The van der Waals surface area contributed by atoms with Gasteiger partial charge in [0.05, 0.1) is 19.8 Å². The molecule has 1 aliphatic carbocycles. The van der Waals surface area contributed by atoms with Gasteiger partial charge in [0.25, 0.3) is 0 Å². The van der Waals surface area contributed by atoms with E-state index >= 15 is 0 Å². The smallest absolute Gasteiger partial charge is 0.244 e. The van der Waals surface area contributed by atoms with Crippen molar-refractivity contribution >= 4 is 5.91 Å². The number of hydrogen-bond donors (Lipinski definition) is 2. The molecule has 0 aromatic heterocycles. The molecule has 3 rings (SSSR count). The van der Waals surface area contributed by atoms with Crippen LogP contribution < -0.4 is 14.8 Å². The lowest BCUT2D eigenvalue weighted by atomic mass is 9.81. The number of ether oxygens (including phenoxy) is 2.